The number of nitrogens with zero attached hydrogens (tertiary/aromatic N) is 1. The van der Waals surface area contributed by atoms with Crippen molar-refractivity contribution in [2.45, 2.75) is 38.6 Å². The van der Waals surface area contributed by atoms with Crippen molar-refractivity contribution in [3.63, 3.8) is 0 Å². The van der Waals surface area contributed by atoms with Gasteiger partial charge in [0.15, 0.2) is 0 Å². The molecule has 1 fully saturated rings. The zero-order valence-corrected chi connectivity index (χ0v) is 17.8. The monoisotopic (exact) mass is 415 g/mol. The van der Waals surface area contributed by atoms with Crippen molar-refractivity contribution < 1.29 is 13.2 Å². The lowest BCUT2D eigenvalue weighted by Gasteiger charge is -2.26. The Balaban J connectivity index is 1.65. The summed E-state index contributed by atoms with van der Waals surface area (Å²) in [5.74, 6) is -0.490. The lowest BCUT2D eigenvalue weighted by molar-refractivity contribution is -0.113. The Kier molecular flexibility index (Phi) is 6.92. The van der Waals surface area contributed by atoms with Crippen LogP contribution in [-0.4, -0.2) is 33.2 Å². The Bertz CT molecular complexity index is 923. The number of anilines is 3. The number of carbonyl (C=O) groups is 1. The van der Waals surface area contributed by atoms with Crippen LogP contribution in [0.5, 0.6) is 0 Å². The first kappa shape index (κ1) is 21.3. The van der Waals surface area contributed by atoms with Gasteiger partial charge in [-0.2, -0.15) is 0 Å². The van der Waals surface area contributed by atoms with E-state index in [9.17, 15) is 13.2 Å². The van der Waals surface area contributed by atoms with Crippen LogP contribution in [0.15, 0.2) is 54.6 Å². The van der Waals surface area contributed by atoms with Crippen LogP contribution in [0.3, 0.4) is 0 Å². The summed E-state index contributed by atoms with van der Waals surface area (Å²) in [7, 11) is -1.77. The number of nitrogens with one attached hydrogen (secondary N) is 2. The molecule has 0 radical (unpaired) electrons. The largest absolute Gasteiger partial charge is 0.343 e. The van der Waals surface area contributed by atoms with E-state index in [1.165, 1.54) is 0 Å². The van der Waals surface area contributed by atoms with Crippen LogP contribution < -0.4 is 14.9 Å². The van der Waals surface area contributed by atoms with Crippen LogP contribution in [0.2, 0.25) is 0 Å². The van der Waals surface area contributed by atoms with E-state index in [1.807, 2.05) is 60.5 Å². The molecular formula is C22H29N3O3S. The SMILES string of the molecule is CC1CCC(NS(=O)(=O)CC(=O)Nc2ccccc2N(C)c2ccccc2)CC1. The maximum absolute atomic E-state index is 12.5. The summed E-state index contributed by atoms with van der Waals surface area (Å²) >= 11 is 0. The van der Waals surface area contributed by atoms with Crippen LogP contribution in [0.1, 0.15) is 32.6 Å². The molecule has 3 rings (SSSR count). The standard InChI is InChI=1S/C22H29N3O3S/c1-17-12-14-18(15-13-17)24-29(27,28)16-22(26)23-20-10-6-7-11-21(20)25(2)19-8-4-3-5-9-19/h3-11,17-18,24H,12-16H2,1-2H3,(H,23,26). The van der Waals surface area contributed by atoms with Gasteiger partial charge in [0.1, 0.15) is 5.75 Å². The van der Waals surface area contributed by atoms with Crippen molar-refractivity contribution in [2.24, 2.45) is 5.92 Å². The van der Waals surface area contributed by atoms with Crippen LogP contribution in [0.4, 0.5) is 17.1 Å². The first-order valence-electron chi connectivity index (χ1n) is 10.0. The summed E-state index contributed by atoms with van der Waals surface area (Å²) in [6.07, 6.45) is 3.68. The average Bonchev–Trinajstić information content (AvgIpc) is 2.69. The summed E-state index contributed by atoms with van der Waals surface area (Å²) < 4.78 is 27.6. The van der Waals surface area contributed by atoms with E-state index >= 15 is 0 Å². The number of hydrogen-bond donors (Lipinski definition) is 2. The van der Waals surface area contributed by atoms with Gasteiger partial charge in [0, 0.05) is 18.8 Å². The fourth-order valence-electron chi connectivity index (χ4n) is 3.69. The number of rotatable bonds is 7. The van der Waals surface area contributed by atoms with E-state index in [0.717, 1.165) is 37.1 Å². The molecule has 0 bridgehead atoms. The summed E-state index contributed by atoms with van der Waals surface area (Å²) in [6, 6.07) is 17.1. The first-order chi connectivity index (χ1) is 13.8. The number of para-hydroxylation sites is 3. The molecule has 0 aliphatic heterocycles. The van der Waals surface area contributed by atoms with Gasteiger partial charge in [0.25, 0.3) is 0 Å². The molecule has 0 heterocycles. The molecule has 0 atom stereocenters. The number of carbonyl (C=O) groups excluding carboxylic acids is 1. The molecule has 2 aromatic rings. The van der Waals surface area contributed by atoms with Gasteiger partial charge in [-0.3, -0.25) is 4.79 Å². The molecule has 29 heavy (non-hydrogen) atoms. The van der Waals surface area contributed by atoms with Crippen molar-refractivity contribution in [1.29, 1.82) is 0 Å². The predicted molar refractivity (Wildman–Crippen MR) is 118 cm³/mol. The molecule has 1 saturated carbocycles. The third kappa shape index (κ3) is 6.05. The minimum absolute atomic E-state index is 0.0690. The van der Waals surface area contributed by atoms with Gasteiger partial charge in [-0.05, 0) is 55.9 Å². The van der Waals surface area contributed by atoms with Gasteiger partial charge in [0.2, 0.25) is 15.9 Å². The zero-order valence-electron chi connectivity index (χ0n) is 17.0. The molecule has 1 amide bonds. The number of benzene rings is 2. The highest BCUT2D eigenvalue weighted by atomic mass is 32.2. The van der Waals surface area contributed by atoms with Crippen LogP contribution in [0.25, 0.3) is 0 Å². The van der Waals surface area contributed by atoms with Crippen molar-refractivity contribution in [2.75, 3.05) is 23.0 Å². The molecular weight excluding hydrogens is 386 g/mol. The number of sulfonamides is 1. The fourth-order valence-corrected chi connectivity index (χ4v) is 4.94. The summed E-state index contributed by atoms with van der Waals surface area (Å²) in [5, 5.41) is 2.76. The second kappa shape index (κ2) is 9.41. The van der Waals surface area contributed by atoms with Crippen LogP contribution >= 0.6 is 0 Å². The molecule has 0 unspecified atom stereocenters. The minimum Gasteiger partial charge on any atom is -0.343 e. The minimum atomic E-state index is -3.68. The van der Waals surface area contributed by atoms with Gasteiger partial charge in [-0.1, -0.05) is 37.3 Å². The highest BCUT2D eigenvalue weighted by Crippen LogP contribution is 2.30. The van der Waals surface area contributed by atoms with E-state index in [-0.39, 0.29) is 6.04 Å². The summed E-state index contributed by atoms with van der Waals surface area (Å²) in [5.41, 5.74) is 2.33. The normalized spacial score (nSPS) is 19.5. The molecule has 0 aromatic heterocycles. The Morgan fingerprint density at radius 2 is 1.62 bits per heavy atom. The fraction of sp³-hybridized carbons (Fsp3) is 0.409. The average molecular weight is 416 g/mol. The maximum atomic E-state index is 12.5. The summed E-state index contributed by atoms with van der Waals surface area (Å²) in [4.78, 5) is 14.4. The van der Waals surface area contributed by atoms with Gasteiger partial charge >= 0.3 is 0 Å². The second-order valence-corrected chi connectivity index (χ2v) is 9.55. The van der Waals surface area contributed by atoms with Crippen LogP contribution in [0, 0.1) is 5.92 Å². The Morgan fingerprint density at radius 1 is 1.00 bits per heavy atom. The molecule has 7 heteroatoms. The molecule has 156 valence electrons. The third-order valence-corrected chi connectivity index (χ3v) is 6.70. The molecule has 1 aliphatic rings. The Labute approximate surface area is 173 Å². The highest BCUT2D eigenvalue weighted by Gasteiger charge is 2.25. The van der Waals surface area contributed by atoms with Gasteiger partial charge in [-0.25, -0.2) is 13.1 Å². The Morgan fingerprint density at radius 3 is 2.31 bits per heavy atom. The van der Waals surface area contributed by atoms with Gasteiger partial charge in [-0.15, -0.1) is 0 Å². The highest BCUT2D eigenvalue weighted by molar-refractivity contribution is 7.90. The van der Waals surface area contributed by atoms with E-state index in [1.54, 1.807) is 6.07 Å². The Hall–Kier alpha value is -2.38. The molecule has 0 spiro atoms. The lowest BCUT2D eigenvalue weighted by atomic mass is 9.88. The van der Waals surface area contributed by atoms with E-state index in [4.69, 9.17) is 0 Å². The third-order valence-electron chi connectivity index (χ3n) is 5.37. The maximum Gasteiger partial charge on any atom is 0.241 e. The molecule has 2 N–H and O–H groups in total. The first-order valence-corrected chi connectivity index (χ1v) is 11.7. The van der Waals surface area contributed by atoms with Crippen molar-refractivity contribution in [3.8, 4) is 0 Å². The number of hydrogen-bond acceptors (Lipinski definition) is 4. The van der Waals surface area contributed by atoms with E-state index in [2.05, 4.69) is 17.0 Å². The lowest BCUT2D eigenvalue weighted by Crippen LogP contribution is -2.41. The molecule has 2 aromatic carbocycles. The van der Waals surface area contributed by atoms with Crippen molar-refractivity contribution in [1.82, 2.24) is 4.72 Å². The van der Waals surface area contributed by atoms with Gasteiger partial charge < -0.3 is 10.2 Å². The molecule has 1 aliphatic carbocycles. The van der Waals surface area contributed by atoms with E-state index in [0.29, 0.717) is 11.6 Å². The smallest absolute Gasteiger partial charge is 0.241 e. The molecule has 6 nitrogen and oxygen atoms in total. The van der Waals surface area contributed by atoms with E-state index < -0.39 is 21.7 Å². The summed E-state index contributed by atoms with van der Waals surface area (Å²) in [6.45, 7) is 2.18. The number of amides is 1. The topological polar surface area (TPSA) is 78.5 Å². The van der Waals surface area contributed by atoms with Gasteiger partial charge in [0.05, 0.1) is 11.4 Å². The zero-order chi connectivity index (χ0) is 20.9. The quantitative estimate of drug-likeness (QED) is 0.719. The molecule has 0 saturated heterocycles. The van der Waals surface area contributed by atoms with Crippen LogP contribution in [-0.2, 0) is 14.8 Å². The predicted octanol–water partition coefficient (Wildman–Crippen LogP) is 3.89. The second-order valence-electron chi connectivity index (χ2n) is 7.79. The van der Waals surface area contributed by atoms with Crippen molar-refractivity contribution >= 4 is 33.0 Å². The van der Waals surface area contributed by atoms with Crippen molar-refractivity contribution in [3.05, 3.63) is 54.6 Å².